The molecule has 1 aliphatic rings. The Hall–Kier alpha value is -2.86. The highest BCUT2D eigenvalue weighted by atomic mass is 32.1. The molecule has 2 aromatic carbocycles. The molecule has 0 saturated carbocycles. The van der Waals surface area contributed by atoms with E-state index in [1.165, 1.54) is 30.6 Å². The molecule has 3 aromatic rings. The normalized spacial score (nSPS) is 14.0. The molecule has 0 unspecified atom stereocenters. The summed E-state index contributed by atoms with van der Waals surface area (Å²) in [6.45, 7) is 2.00. The summed E-state index contributed by atoms with van der Waals surface area (Å²) in [6.07, 6.45) is 3.61. The zero-order valence-electron chi connectivity index (χ0n) is 15.9. The third kappa shape index (κ3) is 4.02. The molecule has 1 aromatic heterocycles. The van der Waals surface area contributed by atoms with Gasteiger partial charge in [-0.15, -0.1) is 0 Å². The van der Waals surface area contributed by atoms with Gasteiger partial charge in [-0.1, -0.05) is 41.7 Å². The minimum Gasteiger partial charge on any atom is -0.497 e. The Morgan fingerprint density at radius 3 is 2.43 bits per heavy atom. The molecule has 2 heterocycles. The number of nitrogens with zero attached hydrogens (tertiary/aromatic N) is 2. The van der Waals surface area contributed by atoms with Crippen molar-refractivity contribution in [1.82, 2.24) is 4.98 Å². The summed E-state index contributed by atoms with van der Waals surface area (Å²) in [6, 6.07) is 17.3. The van der Waals surface area contributed by atoms with Gasteiger partial charge in [0.2, 0.25) is 0 Å². The molecule has 5 nitrogen and oxygen atoms in total. The lowest BCUT2D eigenvalue weighted by molar-refractivity contribution is 0.103. The van der Waals surface area contributed by atoms with E-state index in [4.69, 9.17) is 9.72 Å². The quantitative estimate of drug-likeness (QED) is 0.658. The maximum Gasteiger partial charge on any atom is 0.268 e. The monoisotopic (exact) mass is 393 g/mol. The molecule has 6 heteroatoms. The summed E-state index contributed by atoms with van der Waals surface area (Å²) in [5.74, 6) is 0.623. The number of carbonyl (C=O) groups is 1. The summed E-state index contributed by atoms with van der Waals surface area (Å²) < 4.78 is 5.18. The van der Waals surface area contributed by atoms with Crippen LogP contribution in [0, 0.1) is 0 Å². The van der Waals surface area contributed by atoms with Crippen LogP contribution in [0.2, 0.25) is 0 Å². The first-order valence-electron chi connectivity index (χ1n) is 9.51. The van der Waals surface area contributed by atoms with E-state index < -0.39 is 0 Å². The number of methoxy groups -OCH3 is 1. The van der Waals surface area contributed by atoms with E-state index in [9.17, 15) is 4.79 Å². The van der Waals surface area contributed by atoms with Gasteiger partial charge in [-0.3, -0.25) is 4.79 Å². The molecule has 0 aliphatic carbocycles. The summed E-state index contributed by atoms with van der Waals surface area (Å²) in [5.41, 5.74) is 2.44. The van der Waals surface area contributed by atoms with Gasteiger partial charge >= 0.3 is 0 Å². The standard InChI is InChI=1S/C22H23N3O2S/c1-27-18-12-10-17(11-13-18)23-21(26)20-19(16-8-4-2-5-9-16)24-22(28-20)25-14-6-3-7-15-25/h2,4-5,8-13H,3,6-7,14-15H2,1H3,(H,23,26). The van der Waals surface area contributed by atoms with Gasteiger partial charge in [-0.05, 0) is 43.5 Å². The molecule has 1 saturated heterocycles. The molecule has 1 N–H and O–H groups in total. The topological polar surface area (TPSA) is 54.5 Å². The van der Waals surface area contributed by atoms with E-state index >= 15 is 0 Å². The van der Waals surface area contributed by atoms with Crippen molar-refractivity contribution in [1.29, 1.82) is 0 Å². The fraction of sp³-hybridized carbons (Fsp3) is 0.273. The molecule has 0 radical (unpaired) electrons. The van der Waals surface area contributed by atoms with Crippen LogP contribution in [0.3, 0.4) is 0 Å². The molecule has 28 heavy (non-hydrogen) atoms. The van der Waals surface area contributed by atoms with Crippen LogP contribution in [0.1, 0.15) is 28.9 Å². The van der Waals surface area contributed by atoms with Crippen LogP contribution < -0.4 is 15.0 Å². The average molecular weight is 394 g/mol. The first-order chi connectivity index (χ1) is 13.7. The third-order valence-corrected chi connectivity index (χ3v) is 5.96. The van der Waals surface area contributed by atoms with Gasteiger partial charge in [0.1, 0.15) is 10.6 Å². The fourth-order valence-corrected chi connectivity index (χ4v) is 4.37. The van der Waals surface area contributed by atoms with Gasteiger partial charge in [-0.2, -0.15) is 0 Å². The zero-order chi connectivity index (χ0) is 19.3. The zero-order valence-corrected chi connectivity index (χ0v) is 16.7. The fourth-order valence-electron chi connectivity index (χ4n) is 3.34. The van der Waals surface area contributed by atoms with Crippen molar-refractivity contribution in [3.63, 3.8) is 0 Å². The number of rotatable bonds is 5. The van der Waals surface area contributed by atoms with Crippen LogP contribution in [0.4, 0.5) is 10.8 Å². The van der Waals surface area contributed by atoms with E-state index in [1.807, 2.05) is 54.6 Å². The SMILES string of the molecule is COc1ccc(NC(=O)c2sc(N3CCCCC3)nc2-c2ccccc2)cc1. The largest absolute Gasteiger partial charge is 0.497 e. The van der Waals surface area contributed by atoms with Gasteiger partial charge in [0.15, 0.2) is 5.13 Å². The van der Waals surface area contributed by atoms with Crippen LogP contribution in [0.15, 0.2) is 54.6 Å². The third-order valence-electron chi connectivity index (χ3n) is 4.84. The van der Waals surface area contributed by atoms with Crippen molar-refractivity contribution in [2.75, 3.05) is 30.4 Å². The molecule has 0 bridgehead atoms. The molecule has 144 valence electrons. The Morgan fingerprint density at radius 2 is 1.75 bits per heavy atom. The number of ether oxygens (including phenoxy) is 1. The Labute approximate surface area is 169 Å². The molecule has 4 rings (SSSR count). The van der Waals surface area contributed by atoms with Crippen LogP contribution in [-0.4, -0.2) is 31.1 Å². The number of piperidine rings is 1. The highest BCUT2D eigenvalue weighted by Crippen LogP contribution is 2.35. The molecule has 0 spiro atoms. The van der Waals surface area contributed by atoms with Crippen molar-refractivity contribution in [2.24, 2.45) is 0 Å². The number of aromatic nitrogens is 1. The molecule has 1 amide bonds. The number of amides is 1. The first kappa shape index (κ1) is 18.5. The Kier molecular flexibility index (Phi) is 5.58. The number of hydrogen-bond acceptors (Lipinski definition) is 5. The smallest absolute Gasteiger partial charge is 0.268 e. The van der Waals surface area contributed by atoms with E-state index in [0.29, 0.717) is 4.88 Å². The second kappa shape index (κ2) is 8.44. The minimum absolute atomic E-state index is 0.134. The maximum atomic E-state index is 13.1. The lowest BCUT2D eigenvalue weighted by Gasteiger charge is -2.25. The second-order valence-electron chi connectivity index (χ2n) is 6.77. The predicted molar refractivity (Wildman–Crippen MR) is 115 cm³/mol. The highest BCUT2D eigenvalue weighted by Gasteiger charge is 2.23. The summed E-state index contributed by atoms with van der Waals surface area (Å²) in [4.78, 5) is 20.9. The number of benzene rings is 2. The Bertz CT molecular complexity index is 932. The summed E-state index contributed by atoms with van der Waals surface area (Å²) >= 11 is 1.47. The van der Waals surface area contributed by atoms with Gasteiger partial charge in [-0.25, -0.2) is 4.98 Å². The van der Waals surface area contributed by atoms with Crippen LogP contribution in [0.5, 0.6) is 5.75 Å². The van der Waals surface area contributed by atoms with Crippen LogP contribution in [0.25, 0.3) is 11.3 Å². The number of carbonyl (C=O) groups excluding carboxylic acids is 1. The van der Waals surface area contributed by atoms with Crippen molar-refractivity contribution in [2.45, 2.75) is 19.3 Å². The molecular formula is C22H23N3O2S. The predicted octanol–water partition coefficient (Wildman–Crippen LogP) is 5.06. The molecule has 0 atom stereocenters. The Morgan fingerprint density at radius 1 is 1.04 bits per heavy atom. The van der Waals surface area contributed by atoms with E-state index in [1.54, 1.807) is 7.11 Å². The summed E-state index contributed by atoms with van der Waals surface area (Å²) in [7, 11) is 1.62. The highest BCUT2D eigenvalue weighted by molar-refractivity contribution is 7.18. The lowest BCUT2D eigenvalue weighted by atomic mass is 10.1. The minimum atomic E-state index is -0.134. The van der Waals surface area contributed by atoms with Crippen LogP contribution in [-0.2, 0) is 0 Å². The van der Waals surface area contributed by atoms with Gasteiger partial charge < -0.3 is 15.0 Å². The van der Waals surface area contributed by atoms with Gasteiger partial charge in [0, 0.05) is 24.3 Å². The maximum absolute atomic E-state index is 13.1. The van der Waals surface area contributed by atoms with Gasteiger partial charge in [0.05, 0.1) is 12.8 Å². The average Bonchev–Trinajstić information content (AvgIpc) is 3.21. The van der Waals surface area contributed by atoms with Crippen LogP contribution >= 0.6 is 11.3 Å². The first-order valence-corrected chi connectivity index (χ1v) is 10.3. The number of hydrogen-bond donors (Lipinski definition) is 1. The van der Waals surface area contributed by atoms with E-state index in [0.717, 1.165) is 40.9 Å². The van der Waals surface area contributed by atoms with Gasteiger partial charge in [0.25, 0.3) is 5.91 Å². The van der Waals surface area contributed by atoms with E-state index in [2.05, 4.69) is 10.2 Å². The van der Waals surface area contributed by atoms with E-state index in [-0.39, 0.29) is 5.91 Å². The molecule has 1 aliphatic heterocycles. The van der Waals surface area contributed by atoms with Crippen molar-refractivity contribution >= 4 is 28.1 Å². The summed E-state index contributed by atoms with van der Waals surface area (Å²) in [5, 5.41) is 3.92. The lowest BCUT2D eigenvalue weighted by Crippen LogP contribution is -2.29. The molecular weight excluding hydrogens is 370 g/mol. The number of anilines is 2. The Balaban J connectivity index is 1.65. The number of thiazole rings is 1. The van der Waals surface area contributed by atoms with Crippen molar-refractivity contribution < 1.29 is 9.53 Å². The number of nitrogens with one attached hydrogen (secondary N) is 1. The van der Waals surface area contributed by atoms with Crippen molar-refractivity contribution in [3.8, 4) is 17.0 Å². The molecule has 1 fully saturated rings. The second-order valence-corrected chi connectivity index (χ2v) is 7.75. The van der Waals surface area contributed by atoms with Crippen molar-refractivity contribution in [3.05, 3.63) is 59.5 Å².